The number of hydrogen-bond acceptors (Lipinski definition) is 5. The van der Waals surface area contributed by atoms with Crippen molar-refractivity contribution in [3.8, 4) is 0 Å². The maximum Gasteiger partial charge on any atom is 0.225 e. The molecule has 1 aromatic rings. The van der Waals surface area contributed by atoms with E-state index < -0.39 is 0 Å². The van der Waals surface area contributed by atoms with Crippen molar-refractivity contribution in [1.82, 2.24) is 15.3 Å². The van der Waals surface area contributed by atoms with E-state index in [2.05, 4.69) is 29.1 Å². The van der Waals surface area contributed by atoms with Crippen LogP contribution in [0.3, 0.4) is 0 Å². The molecule has 0 aliphatic carbocycles. The zero-order valence-corrected chi connectivity index (χ0v) is 10.8. The number of likely N-dealkylation sites (N-methyl/N-ethyl adjacent to an activating group) is 1. The Bertz CT molecular complexity index is 313. The molecule has 0 fully saturated rings. The average molecular weight is 238 g/mol. The van der Waals surface area contributed by atoms with Gasteiger partial charge in [-0.3, -0.25) is 0 Å². The Labute approximate surface area is 103 Å². The van der Waals surface area contributed by atoms with E-state index in [1.165, 1.54) is 0 Å². The molecule has 0 spiro atoms. The highest BCUT2D eigenvalue weighted by Crippen LogP contribution is 2.06. The van der Waals surface area contributed by atoms with E-state index in [1.807, 2.05) is 24.2 Å². The van der Waals surface area contributed by atoms with E-state index in [1.54, 1.807) is 0 Å². The average Bonchev–Trinajstić information content (AvgIpc) is 2.34. The molecule has 0 saturated heterocycles. The van der Waals surface area contributed by atoms with Crippen molar-refractivity contribution >= 4 is 5.95 Å². The van der Waals surface area contributed by atoms with Crippen LogP contribution in [-0.2, 0) is 6.54 Å². The van der Waals surface area contributed by atoms with Crippen molar-refractivity contribution in [3.63, 3.8) is 0 Å². The van der Waals surface area contributed by atoms with Crippen molar-refractivity contribution in [2.45, 2.75) is 33.4 Å². The maximum absolute atomic E-state index is 8.92. The molecule has 0 unspecified atom stereocenters. The Hall–Kier alpha value is -1.20. The number of aliphatic hydroxyl groups is 1. The fourth-order valence-corrected chi connectivity index (χ4v) is 1.44. The third-order valence-corrected chi connectivity index (χ3v) is 2.44. The number of anilines is 1. The number of rotatable bonds is 7. The highest BCUT2D eigenvalue weighted by Gasteiger charge is 2.06. The summed E-state index contributed by atoms with van der Waals surface area (Å²) in [5.74, 6) is 0.676. The summed E-state index contributed by atoms with van der Waals surface area (Å²) in [5.41, 5.74) is 1.07. The molecule has 1 heterocycles. The number of nitrogens with one attached hydrogen (secondary N) is 1. The van der Waals surface area contributed by atoms with Crippen molar-refractivity contribution in [1.29, 1.82) is 0 Å². The quantitative estimate of drug-likeness (QED) is 0.735. The van der Waals surface area contributed by atoms with Gasteiger partial charge in [-0.15, -0.1) is 0 Å². The lowest BCUT2D eigenvalue weighted by Crippen LogP contribution is -2.28. The van der Waals surface area contributed by atoms with Crippen LogP contribution in [0.4, 0.5) is 5.95 Å². The SMILES string of the molecule is CCN(CCO)c1ncc(CNC(C)C)cn1. The van der Waals surface area contributed by atoms with Gasteiger partial charge >= 0.3 is 0 Å². The van der Waals surface area contributed by atoms with Crippen LogP contribution in [0.15, 0.2) is 12.4 Å². The summed E-state index contributed by atoms with van der Waals surface area (Å²) in [6.07, 6.45) is 3.66. The molecule has 1 aromatic heterocycles. The number of aliphatic hydroxyl groups excluding tert-OH is 1. The zero-order chi connectivity index (χ0) is 12.7. The molecule has 0 atom stereocenters. The molecule has 5 nitrogen and oxygen atoms in total. The number of nitrogens with zero attached hydrogens (tertiary/aromatic N) is 3. The van der Waals surface area contributed by atoms with Gasteiger partial charge in [0, 0.05) is 43.6 Å². The summed E-state index contributed by atoms with van der Waals surface area (Å²) < 4.78 is 0. The van der Waals surface area contributed by atoms with Gasteiger partial charge in [0.1, 0.15) is 0 Å². The molecule has 0 amide bonds. The standard InChI is InChI=1S/C12H22N4O/c1-4-16(5-6-17)12-14-8-11(9-15-12)7-13-10(2)3/h8-10,13,17H,4-7H2,1-3H3. The molecule has 2 N–H and O–H groups in total. The third kappa shape index (κ3) is 4.66. The van der Waals surface area contributed by atoms with E-state index in [9.17, 15) is 0 Å². The van der Waals surface area contributed by atoms with Gasteiger partial charge in [0.15, 0.2) is 0 Å². The van der Waals surface area contributed by atoms with Gasteiger partial charge in [-0.25, -0.2) is 9.97 Å². The molecule has 0 aromatic carbocycles. The summed E-state index contributed by atoms with van der Waals surface area (Å²) in [6, 6.07) is 0.455. The lowest BCUT2D eigenvalue weighted by Gasteiger charge is -2.19. The normalized spacial score (nSPS) is 10.9. The summed E-state index contributed by atoms with van der Waals surface area (Å²) >= 11 is 0. The van der Waals surface area contributed by atoms with Gasteiger partial charge in [-0.05, 0) is 6.92 Å². The van der Waals surface area contributed by atoms with Crippen LogP contribution in [-0.4, -0.2) is 40.8 Å². The lowest BCUT2D eigenvalue weighted by atomic mass is 10.3. The van der Waals surface area contributed by atoms with E-state index in [0.717, 1.165) is 18.7 Å². The van der Waals surface area contributed by atoms with E-state index in [-0.39, 0.29) is 6.61 Å². The topological polar surface area (TPSA) is 61.3 Å². The molecule has 5 heteroatoms. The van der Waals surface area contributed by atoms with Gasteiger partial charge < -0.3 is 15.3 Å². The second-order valence-electron chi connectivity index (χ2n) is 4.23. The molecular weight excluding hydrogens is 216 g/mol. The van der Waals surface area contributed by atoms with Crippen molar-refractivity contribution in [2.24, 2.45) is 0 Å². The Kier molecular flexibility index (Phi) is 5.86. The van der Waals surface area contributed by atoms with Gasteiger partial charge in [0.05, 0.1) is 6.61 Å². The number of aromatic nitrogens is 2. The van der Waals surface area contributed by atoms with Gasteiger partial charge in [0.2, 0.25) is 5.95 Å². The maximum atomic E-state index is 8.92. The van der Waals surface area contributed by atoms with Crippen LogP contribution in [0, 0.1) is 0 Å². The van der Waals surface area contributed by atoms with Crippen molar-refractivity contribution < 1.29 is 5.11 Å². The molecule has 17 heavy (non-hydrogen) atoms. The monoisotopic (exact) mass is 238 g/mol. The lowest BCUT2D eigenvalue weighted by molar-refractivity contribution is 0.301. The Balaban J connectivity index is 2.59. The first kappa shape index (κ1) is 13.9. The molecule has 0 aliphatic rings. The summed E-state index contributed by atoms with van der Waals surface area (Å²) in [5, 5.41) is 12.2. The molecule has 0 bridgehead atoms. The van der Waals surface area contributed by atoms with Crippen LogP contribution in [0.1, 0.15) is 26.3 Å². The van der Waals surface area contributed by atoms with Crippen LogP contribution in [0.25, 0.3) is 0 Å². The van der Waals surface area contributed by atoms with E-state index in [0.29, 0.717) is 18.5 Å². The first-order valence-electron chi connectivity index (χ1n) is 6.07. The summed E-state index contributed by atoms with van der Waals surface area (Å²) in [4.78, 5) is 10.6. The van der Waals surface area contributed by atoms with Crippen molar-refractivity contribution in [2.75, 3.05) is 24.6 Å². The predicted molar refractivity (Wildman–Crippen MR) is 69.0 cm³/mol. The first-order chi connectivity index (χ1) is 8.17. The predicted octanol–water partition coefficient (Wildman–Crippen LogP) is 0.793. The first-order valence-corrected chi connectivity index (χ1v) is 6.07. The zero-order valence-electron chi connectivity index (χ0n) is 10.8. The summed E-state index contributed by atoms with van der Waals surface area (Å²) in [6.45, 7) is 8.50. The summed E-state index contributed by atoms with van der Waals surface area (Å²) in [7, 11) is 0. The second kappa shape index (κ2) is 7.19. The van der Waals surface area contributed by atoms with E-state index in [4.69, 9.17) is 5.11 Å². The minimum atomic E-state index is 0.119. The fraction of sp³-hybridized carbons (Fsp3) is 0.667. The van der Waals surface area contributed by atoms with Crippen LogP contribution < -0.4 is 10.2 Å². The molecular formula is C12H22N4O. The second-order valence-corrected chi connectivity index (χ2v) is 4.23. The molecule has 0 saturated carbocycles. The fourth-order valence-electron chi connectivity index (χ4n) is 1.44. The minimum Gasteiger partial charge on any atom is -0.395 e. The van der Waals surface area contributed by atoms with Crippen LogP contribution in [0.5, 0.6) is 0 Å². The molecule has 0 aliphatic heterocycles. The Morgan fingerprint density at radius 3 is 2.47 bits per heavy atom. The van der Waals surface area contributed by atoms with Crippen LogP contribution in [0.2, 0.25) is 0 Å². The molecule has 1 rings (SSSR count). The van der Waals surface area contributed by atoms with E-state index >= 15 is 0 Å². The van der Waals surface area contributed by atoms with Gasteiger partial charge in [-0.2, -0.15) is 0 Å². The smallest absolute Gasteiger partial charge is 0.225 e. The largest absolute Gasteiger partial charge is 0.395 e. The minimum absolute atomic E-state index is 0.119. The van der Waals surface area contributed by atoms with Crippen LogP contribution >= 0.6 is 0 Å². The highest BCUT2D eigenvalue weighted by atomic mass is 16.3. The van der Waals surface area contributed by atoms with Crippen molar-refractivity contribution in [3.05, 3.63) is 18.0 Å². The Morgan fingerprint density at radius 1 is 1.35 bits per heavy atom. The van der Waals surface area contributed by atoms with Gasteiger partial charge in [0.25, 0.3) is 0 Å². The highest BCUT2D eigenvalue weighted by molar-refractivity contribution is 5.29. The Morgan fingerprint density at radius 2 is 2.00 bits per heavy atom. The molecule has 96 valence electrons. The van der Waals surface area contributed by atoms with Gasteiger partial charge in [-0.1, -0.05) is 13.8 Å². The molecule has 0 radical (unpaired) electrons. The number of hydrogen-bond donors (Lipinski definition) is 2. The third-order valence-electron chi connectivity index (χ3n) is 2.44.